The number of benzene rings is 1. The Hall–Kier alpha value is -2.82. The average Bonchev–Trinajstić information content (AvgIpc) is 3.34. The topological polar surface area (TPSA) is 45.5 Å². The number of anilines is 1. The summed E-state index contributed by atoms with van der Waals surface area (Å²) < 4.78 is 18.2. The summed E-state index contributed by atoms with van der Waals surface area (Å²) in [4.78, 5) is 13.9. The van der Waals surface area contributed by atoms with Crippen molar-refractivity contribution in [3.63, 3.8) is 0 Å². The number of hydrogen-bond donors (Lipinski definition) is 1. The summed E-state index contributed by atoms with van der Waals surface area (Å²) in [5, 5.41) is 2.72. The lowest BCUT2D eigenvalue weighted by atomic mass is 10.2. The number of carbonyl (C=O) groups excluding carboxylic acids is 1. The first kappa shape index (κ1) is 23.5. The van der Waals surface area contributed by atoms with Gasteiger partial charge in [-0.05, 0) is 69.0 Å². The van der Waals surface area contributed by atoms with Crippen molar-refractivity contribution < 1.29 is 13.6 Å². The lowest BCUT2D eigenvalue weighted by molar-refractivity contribution is 0.0928. The molecule has 1 fully saturated rings. The monoisotopic (exact) mass is 412 g/mol. The van der Waals surface area contributed by atoms with Crippen molar-refractivity contribution in [2.24, 2.45) is 5.92 Å². The van der Waals surface area contributed by atoms with E-state index >= 15 is 0 Å². The maximum Gasteiger partial charge on any atom is 0.287 e. The molecule has 0 saturated carbocycles. The number of hydrogen-bond acceptors (Lipinski definition) is 3. The Balaban J connectivity index is 0.000000220. The zero-order valence-corrected chi connectivity index (χ0v) is 18.5. The van der Waals surface area contributed by atoms with Crippen LogP contribution in [0.2, 0.25) is 0 Å². The van der Waals surface area contributed by atoms with Gasteiger partial charge in [0.05, 0.1) is 0 Å². The van der Waals surface area contributed by atoms with E-state index in [-0.39, 0.29) is 11.7 Å². The van der Waals surface area contributed by atoms with Crippen LogP contribution < -0.4 is 10.2 Å². The molecule has 3 rings (SSSR count). The molecule has 2 aromatic rings. The minimum atomic E-state index is -0.172. The fraction of sp³-hybridized carbons (Fsp3) is 0.400. The highest BCUT2D eigenvalue weighted by Crippen LogP contribution is 2.23. The molecule has 1 N–H and O–H groups in total. The highest BCUT2D eigenvalue weighted by Gasteiger charge is 2.18. The fourth-order valence-electron chi connectivity index (χ4n) is 3.27. The van der Waals surface area contributed by atoms with Crippen LogP contribution >= 0.6 is 0 Å². The van der Waals surface area contributed by atoms with Gasteiger partial charge in [-0.1, -0.05) is 32.1 Å². The smallest absolute Gasteiger partial charge is 0.287 e. The third kappa shape index (κ3) is 6.90. The number of amides is 1. The number of nitrogens with zero attached hydrogens (tertiary/aromatic N) is 1. The number of rotatable bonds is 6. The van der Waals surface area contributed by atoms with E-state index < -0.39 is 0 Å². The molecule has 1 aliphatic rings. The van der Waals surface area contributed by atoms with E-state index in [1.54, 1.807) is 6.07 Å². The van der Waals surface area contributed by atoms with E-state index in [2.05, 4.69) is 24.1 Å². The zero-order chi connectivity index (χ0) is 21.9. The standard InChI is InChI=1S/C14H19NO2.C11H14FN/c1-4-7-9-12-11(8-5-2)10-13(17-12)14(16)15-6-3;1-9-6-7-13(8-9)11-4-2-10(12)3-5-11/h5,7-10H,4,6H2,1-3H3,(H,15,16);2-5,9H,6-8H2,1H3/b8-5-,9-7+;. The molecular formula is C25H33FN2O2. The summed E-state index contributed by atoms with van der Waals surface area (Å²) in [6, 6.07) is 8.53. The van der Waals surface area contributed by atoms with E-state index in [1.807, 2.05) is 50.3 Å². The largest absolute Gasteiger partial charge is 0.451 e. The molecule has 30 heavy (non-hydrogen) atoms. The Morgan fingerprint density at radius 1 is 1.27 bits per heavy atom. The Kier molecular flexibility index (Phi) is 9.39. The van der Waals surface area contributed by atoms with Gasteiger partial charge in [-0.2, -0.15) is 0 Å². The molecule has 0 radical (unpaired) electrons. The first-order chi connectivity index (χ1) is 14.5. The molecule has 0 spiro atoms. The molecule has 1 saturated heterocycles. The third-order valence-electron chi connectivity index (χ3n) is 4.82. The van der Waals surface area contributed by atoms with E-state index in [4.69, 9.17) is 4.42 Å². The second kappa shape index (κ2) is 12.0. The Bertz CT molecular complexity index is 853. The minimum absolute atomic E-state index is 0.156. The van der Waals surface area contributed by atoms with Crippen LogP contribution in [0.25, 0.3) is 12.2 Å². The lowest BCUT2D eigenvalue weighted by Crippen LogP contribution is -2.21. The number of halogens is 1. The molecule has 162 valence electrons. The van der Waals surface area contributed by atoms with Gasteiger partial charge in [0.1, 0.15) is 11.6 Å². The summed E-state index contributed by atoms with van der Waals surface area (Å²) in [6.45, 7) is 10.9. The van der Waals surface area contributed by atoms with Crippen LogP contribution in [0.1, 0.15) is 62.4 Å². The van der Waals surface area contributed by atoms with Gasteiger partial charge in [0.2, 0.25) is 0 Å². The molecule has 1 atom stereocenters. The summed E-state index contributed by atoms with van der Waals surface area (Å²) in [5.74, 6) is 1.53. The van der Waals surface area contributed by atoms with Crippen molar-refractivity contribution in [2.45, 2.75) is 40.5 Å². The van der Waals surface area contributed by atoms with Gasteiger partial charge in [0.15, 0.2) is 5.76 Å². The van der Waals surface area contributed by atoms with Crippen LogP contribution in [-0.4, -0.2) is 25.5 Å². The third-order valence-corrected chi connectivity index (χ3v) is 4.82. The van der Waals surface area contributed by atoms with E-state index in [0.29, 0.717) is 12.3 Å². The van der Waals surface area contributed by atoms with Crippen molar-refractivity contribution >= 4 is 23.7 Å². The van der Waals surface area contributed by atoms with E-state index in [9.17, 15) is 9.18 Å². The molecule has 4 nitrogen and oxygen atoms in total. The molecule has 2 heterocycles. The SMILES string of the molecule is C/C=C\c1cc(C(=O)NCC)oc1/C=C/CC.CC1CCN(c2ccc(F)cc2)C1. The predicted octanol–water partition coefficient (Wildman–Crippen LogP) is 6.16. The molecule has 0 aliphatic carbocycles. The predicted molar refractivity (Wildman–Crippen MR) is 123 cm³/mol. The van der Waals surface area contributed by atoms with Crippen LogP contribution in [0.4, 0.5) is 10.1 Å². The molecule has 1 unspecified atom stereocenters. The molecule has 1 amide bonds. The molecule has 1 aromatic heterocycles. The number of nitrogens with one attached hydrogen (secondary N) is 1. The van der Waals surface area contributed by atoms with Crippen molar-refractivity contribution in [1.82, 2.24) is 5.32 Å². The maximum atomic E-state index is 12.6. The summed E-state index contributed by atoms with van der Waals surface area (Å²) in [5.41, 5.74) is 2.07. The zero-order valence-electron chi connectivity index (χ0n) is 18.5. The molecule has 1 aromatic carbocycles. The van der Waals surface area contributed by atoms with Gasteiger partial charge in [0, 0.05) is 30.9 Å². The van der Waals surface area contributed by atoms with Gasteiger partial charge in [0.25, 0.3) is 5.91 Å². The van der Waals surface area contributed by atoms with Crippen molar-refractivity contribution in [2.75, 3.05) is 24.5 Å². The van der Waals surface area contributed by atoms with Gasteiger partial charge >= 0.3 is 0 Å². The molecule has 0 bridgehead atoms. The van der Waals surface area contributed by atoms with Gasteiger partial charge < -0.3 is 14.6 Å². The highest BCUT2D eigenvalue weighted by molar-refractivity contribution is 5.92. The van der Waals surface area contributed by atoms with Crippen LogP contribution in [0, 0.1) is 11.7 Å². The second-order valence-electron chi connectivity index (χ2n) is 7.42. The second-order valence-corrected chi connectivity index (χ2v) is 7.42. The maximum absolute atomic E-state index is 12.6. The lowest BCUT2D eigenvalue weighted by Gasteiger charge is -2.17. The number of carbonyl (C=O) groups is 1. The first-order valence-corrected chi connectivity index (χ1v) is 10.7. The quantitative estimate of drug-likeness (QED) is 0.618. The van der Waals surface area contributed by atoms with Crippen molar-refractivity contribution in [3.8, 4) is 0 Å². The summed E-state index contributed by atoms with van der Waals surface area (Å²) in [7, 11) is 0. The number of furan rings is 1. The summed E-state index contributed by atoms with van der Waals surface area (Å²) in [6.07, 6.45) is 9.95. The normalized spacial score (nSPS) is 16.2. The van der Waals surface area contributed by atoms with Crippen LogP contribution in [-0.2, 0) is 0 Å². The Morgan fingerprint density at radius 3 is 2.57 bits per heavy atom. The highest BCUT2D eigenvalue weighted by atomic mass is 19.1. The molecule has 1 aliphatic heterocycles. The molecular weight excluding hydrogens is 379 g/mol. The average molecular weight is 413 g/mol. The fourth-order valence-corrected chi connectivity index (χ4v) is 3.27. The van der Waals surface area contributed by atoms with Gasteiger partial charge in [-0.25, -0.2) is 4.39 Å². The Labute approximate surface area is 179 Å². The van der Waals surface area contributed by atoms with Gasteiger partial charge in [-0.15, -0.1) is 0 Å². The van der Waals surface area contributed by atoms with Gasteiger partial charge in [-0.3, -0.25) is 4.79 Å². The van der Waals surface area contributed by atoms with Crippen molar-refractivity contribution in [3.05, 3.63) is 65.4 Å². The minimum Gasteiger partial charge on any atom is -0.451 e. The van der Waals surface area contributed by atoms with Crippen LogP contribution in [0.15, 0.2) is 46.9 Å². The first-order valence-electron chi connectivity index (χ1n) is 10.7. The number of allylic oxidation sites excluding steroid dienone is 2. The Morgan fingerprint density at radius 2 is 2.00 bits per heavy atom. The van der Waals surface area contributed by atoms with E-state index in [1.165, 1.54) is 18.6 Å². The van der Waals surface area contributed by atoms with E-state index in [0.717, 1.165) is 42.4 Å². The summed E-state index contributed by atoms with van der Waals surface area (Å²) >= 11 is 0. The van der Waals surface area contributed by atoms with Crippen molar-refractivity contribution in [1.29, 1.82) is 0 Å². The van der Waals surface area contributed by atoms with Crippen LogP contribution in [0.3, 0.4) is 0 Å². The van der Waals surface area contributed by atoms with Crippen LogP contribution in [0.5, 0.6) is 0 Å². The molecule has 5 heteroatoms.